The monoisotopic (exact) mass is 259 g/mol. The minimum atomic E-state index is -0.260. The third-order valence-electron chi connectivity index (χ3n) is 4.67. The van der Waals surface area contributed by atoms with E-state index < -0.39 is 0 Å². The Labute approximate surface area is 114 Å². The fourth-order valence-electron chi connectivity index (χ4n) is 3.41. The molecule has 1 aromatic carbocycles. The molecule has 1 amide bonds. The van der Waals surface area contributed by atoms with Gasteiger partial charge in [0, 0.05) is 5.54 Å². The van der Waals surface area contributed by atoms with Crippen LogP contribution >= 0.6 is 0 Å². The number of amides is 1. The molecular weight excluding hydrogens is 238 g/mol. The van der Waals surface area contributed by atoms with E-state index in [1.165, 1.54) is 19.3 Å². The summed E-state index contributed by atoms with van der Waals surface area (Å²) < 4.78 is 5.32. The molecule has 0 atom stereocenters. The first kappa shape index (κ1) is 12.5. The molecule has 0 spiro atoms. The van der Waals surface area contributed by atoms with Crippen LogP contribution in [0.5, 0.6) is 0 Å². The number of benzene rings is 1. The average molecular weight is 259 g/mol. The van der Waals surface area contributed by atoms with Gasteiger partial charge >= 0.3 is 6.09 Å². The maximum absolute atomic E-state index is 11.9. The summed E-state index contributed by atoms with van der Waals surface area (Å²) in [6.07, 6.45) is 6.90. The van der Waals surface area contributed by atoms with Crippen molar-refractivity contribution in [2.45, 2.75) is 50.7 Å². The van der Waals surface area contributed by atoms with Crippen molar-refractivity contribution in [2.75, 3.05) is 0 Å². The van der Waals surface area contributed by atoms with Crippen LogP contribution in [0.25, 0.3) is 0 Å². The zero-order chi connectivity index (χ0) is 13.1. The van der Waals surface area contributed by atoms with E-state index in [4.69, 9.17) is 4.74 Å². The first-order valence-electron chi connectivity index (χ1n) is 7.25. The van der Waals surface area contributed by atoms with E-state index in [1.807, 2.05) is 30.3 Å². The third-order valence-corrected chi connectivity index (χ3v) is 4.67. The van der Waals surface area contributed by atoms with Crippen LogP contribution in [0.4, 0.5) is 4.79 Å². The number of nitrogens with one attached hydrogen (secondary N) is 1. The van der Waals surface area contributed by atoms with Gasteiger partial charge in [-0.3, -0.25) is 0 Å². The van der Waals surface area contributed by atoms with Crippen molar-refractivity contribution in [2.24, 2.45) is 5.92 Å². The molecule has 0 radical (unpaired) electrons. The molecule has 0 aliphatic heterocycles. The van der Waals surface area contributed by atoms with Crippen molar-refractivity contribution in [1.29, 1.82) is 0 Å². The largest absolute Gasteiger partial charge is 0.445 e. The van der Waals surface area contributed by atoms with Gasteiger partial charge in [-0.2, -0.15) is 0 Å². The summed E-state index contributed by atoms with van der Waals surface area (Å²) in [7, 11) is 0. The maximum Gasteiger partial charge on any atom is 0.407 e. The van der Waals surface area contributed by atoms with Crippen molar-refractivity contribution in [3.05, 3.63) is 35.9 Å². The Balaban J connectivity index is 1.51. The molecule has 0 saturated heterocycles. The second-order valence-corrected chi connectivity index (χ2v) is 5.95. The highest BCUT2D eigenvalue weighted by molar-refractivity contribution is 5.68. The van der Waals surface area contributed by atoms with Gasteiger partial charge in [-0.25, -0.2) is 4.79 Å². The van der Waals surface area contributed by atoms with Gasteiger partial charge in [0.05, 0.1) is 0 Å². The Morgan fingerprint density at radius 3 is 2.42 bits per heavy atom. The van der Waals surface area contributed by atoms with E-state index in [0.717, 1.165) is 30.7 Å². The van der Waals surface area contributed by atoms with Crippen LogP contribution in [0.15, 0.2) is 30.3 Å². The van der Waals surface area contributed by atoms with E-state index in [-0.39, 0.29) is 11.6 Å². The summed E-state index contributed by atoms with van der Waals surface area (Å²) in [5.74, 6) is 0.906. The lowest BCUT2D eigenvalue weighted by Crippen LogP contribution is -2.53. The van der Waals surface area contributed by atoms with E-state index in [9.17, 15) is 4.79 Å². The second-order valence-electron chi connectivity index (χ2n) is 5.95. The quantitative estimate of drug-likeness (QED) is 0.900. The van der Waals surface area contributed by atoms with Crippen LogP contribution in [0.2, 0.25) is 0 Å². The number of alkyl carbamates (subject to hydrolysis) is 1. The molecule has 102 valence electrons. The van der Waals surface area contributed by atoms with E-state index in [0.29, 0.717) is 6.61 Å². The van der Waals surface area contributed by atoms with Crippen LogP contribution in [-0.4, -0.2) is 11.6 Å². The Kier molecular flexibility index (Phi) is 3.45. The molecular formula is C16H21NO2. The molecule has 3 nitrogen and oxygen atoms in total. The lowest BCUT2D eigenvalue weighted by molar-refractivity contribution is 0.0803. The third kappa shape index (κ3) is 2.91. The van der Waals surface area contributed by atoms with Gasteiger partial charge in [0.15, 0.2) is 0 Å². The van der Waals surface area contributed by atoms with Crippen molar-refractivity contribution in [3.8, 4) is 0 Å². The smallest absolute Gasteiger partial charge is 0.407 e. The number of ether oxygens (including phenoxy) is 1. The predicted octanol–water partition coefficient (Wildman–Crippen LogP) is 3.64. The highest BCUT2D eigenvalue weighted by Crippen LogP contribution is 2.44. The van der Waals surface area contributed by atoms with Crippen molar-refractivity contribution >= 4 is 6.09 Å². The molecule has 4 rings (SSSR count). The lowest BCUT2D eigenvalue weighted by Gasteiger charge is -2.46. The Morgan fingerprint density at radius 2 is 1.79 bits per heavy atom. The summed E-state index contributed by atoms with van der Waals surface area (Å²) in [4.78, 5) is 11.9. The van der Waals surface area contributed by atoms with Gasteiger partial charge in [-0.15, -0.1) is 0 Å². The topological polar surface area (TPSA) is 38.3 Å². The standard InChI is InChI=1S/C16H21NO2/c18-15(19-12-14-4-2-1-3-5-14)17-16-9-6-13(7-10-16)8-11-16/h1-5,13H,6-12H2,(H,17,18). The zero-order valence-corrected chi connectivity index (χ0v) is 11.2. The summed E-state index contributed by atoms with van der Waals surface area (Å²) in [5, 5.41) is 3.13. The predicted molar refractivity (Wildman–Crippen MR) is 73.7 cm³/mol. The fraction of sp³-hybridized carbons (Fsp3) is 0.562. The first-order chi connectivity index (χ1) is 9.26. The van der Waals surface area contributed by atoms with Crippen LogP contribution < -0.4 is 5.32 Å². The number of hydrogen-bond acceptors (Lipinski definition) is 2. The highest BCUT2D eigenvalue weighted by Gasteiger charge is 2.41. The van der Waals surface area contributed by atoms with E-state index in [2.05, 4.69) is 5.32 Å². The second kappa shape index (κ2) is 5.24. The summed E-state index contributed by atoms with van der Waals surface area (Å²) in [6, 6.07) is 9.81. The van der Waals surface area contributed by atoms with Crippen LogP contribution in [-0.2, 0) is 11.3 Å². The van der Waals surface area contributed by atoms with Crippen molar-refractivity contribution in [3.63, 3.8) is 0 Å². The number of hydrogen-bond donors (Lipinski definition) is 1. The molecule has 3 fully saturated rings. The van der Waals surface area contributed by atoms with Crippen molar-refractivity contribution < 1.29 is 9.53 Å². The Hall–Kier alpha value is -1.51. The first-order valence-corrected chi connectivity index (χ1v) is 7.25. The summed E-state index contributed by atoms with van der Waals surface area (Å²) in [5.41, 5.74) is 1.06. The Morgan fingerprint density at radius 1 is 1.16 bits per heavy atom. The molecule has 3 aliphatic rings. The number of carbonyl (C=O) groups excluding carboxylic acids is 1. The molecule has 19 heavy (non-hydrogen) atoms. The molecule has 3 aliphatic carbocycles. The highest BCUT2D eigenvalue weighted by atomic mass is 16.5. The average Bonchev–Trinajstić information content (AvgIpc) is 2.48. The van der Waals surface area contributed by atoms with E-state index >= 15 is 0 Å². The molecule has 0 unspecified atom stereocenters. The van der Waals surface area contributed by atoms with Gasteiger partial charge in [-0.1, -0.05) is 30.3 Å². The van der Waals surface area contributed by atoms with Crippen molar-refractivity contribution in [1.82, 2.24) is 5.32 Å². The summed E-state index contributed by atoms with van der Waals surface area (Å²) >= 11 is 0. The van der Waals surface area contributed by atoms with Crippen LogP contribution in [0.1, 0.15) is 44.1 Å². The molecule has 3 saturated carbocycles. The summed E-state index contributed by atoms with van der Waals surface area (Å²) in [6.45, 7) is 0.353. The molecule has 1 aromatic rings. The maximum atomic E-state index is 11.9. The molecule has 0 heterocycles. The number of fused-ring (bicyclic) bond motifs is 3. The minimum Gasteiger partial charge on any atom is -0.445 e. The number of carbonyl (C=O) groups is 1. The van der Waals surface area contributed by atoms with Crippen LogP contribution in [0, 0.1) is 5.92 Å². The van der Waals surface area contributed by atoms with Gasteiger partial charge in [0.2, 0.25) is 0 Å². The van der Waals surface area contributed by atoms with Gasteiger partial charge in [0.25, 0.3) is 0 Å². The fourth-order valence-corrected chi connectivity index (χ4v) is 3.41. The normalized spacial score (nSPS) is 28.9. The zero-order valence-electron chi connectivity index (χ0n) is 11.2. The molecule has 0 aromatic heterocycles. The SMILES string of the molecule is O=C(NC12CCC(CC1)CC2)OCc1ccccc1. The van der Waals surface area contributed by atoms with Crippen LogP contribution in [0.3, 0.4) is 0 Å². The molecule has 3 heteroatoms. The molecule has 1 N–H and O–H groups in total. The van der Waals surface area contributed by atoms with Gasteiger partial charge in [-0.05, 0) is 50.0 Å². The van der Waals surface area contributed by atoms with Gasteiger partial charge < -0.3 is 10.1 Å². The van der Waals surface area contributed by atoms with Gasteiger partial charge in [0.1, 0.15) is 6.61 Å². The number of rotatable bonds is 3. The Bertz CT molecular complexity index is 422. The van der Waals surface area contributed by atoms with E-state index in [1.54, 1.807) is 0 Å². The minimum absolute atomic E-state index is 0.0303. The lowest BCUT2D eigenvalue weighted by atomic mass is 9.66. The molecule has 2 bridgehead atoms.